The van der Waals surface area contributed by atoms with E-state index in [0.29, 0.717) is 11.3 Å². The molecule has 1 fully saturated rings. The highest BCUT2D eigenvalue weighted by Gasteiger charge is 2.38. The third-order valence-electron chi connectivity index (χ3n) is 5.07. The molecular formula is C20H20FNO3. The number of nitrogens with one attached hydrogen (secondary N) is 1. The normalized spacial score (nSPS) is 17.5. The molecule has 1 aliphatic carbocycles. The predicted molar refractivity (Wildman–Crippen MR) is 91.0 cm³/mol. The summed E-state index contributed by atoms with van der Waals surface area (Å²) in [6.45, 7) is 0.228. The average molecular weight is 341 g/mol. The van der Waals surface area contributed by atoms with Crippen molar-refractivity contribution in [1.29, 1.82) is 0 Å². The summed E-state index contributed by atoms with van der Waals surface area (Å²) in [5.74, 6) is 0.938. The molecule has 5 heteroatoms. The molecule has 0 radical (unpaired) electrons. The Morgan fingerprint density at radius 2 is 1.84 bits per heavy atom. The van der Waals surface area contributed by atoms with Gasteiger partial charge in [0.1, 0.15) is 5.82 Å². The number of fused-ring (bicyclic) bond motifs is 1. The number of carbonyl (C=O) groups is 1. The van der Waals surface area contributed by atoms with E-state index in [0.717, 1.165) is 37.0 Å². The maximum atomic E-state index is 13.8. The van der Waals surface area contributed by atoms with Crippen LogP contribution in [0.1, 0.15) is 36.8 Å². The number of rotatable bonds is 4. The Labute approximate surface area is 146 Å². The highest BCUT2D eigenvalue weighted by molar-refractivity contribution is 5.79. The van der Waals surface area contributed by atoms with Gasteiger partial charge in [0, 0.05) is 0 Å². The molecule has 0 aromatic heterocycles. The minimum absolute atomic E-state index is 0.0406. The Morgan fingerprint density at radius 1 is 1.08 bits per heavy atom. The molecule has 1 saturated carbocycles. The summed E-state index contributed by atoms with van der Waals surface area (Å²) in [6.07, 6.45) is 3.88. The van der Waals surface area contributed by atoms with Crippen LogP contribution in [0.3, 0.4) is 0 Å². The van der Waals surface area contributed by atoms with Gasteiger partial charge in [0.25, 0.3) is 0 Å². The third-order valence-corrected chi connectivity index (χ3v) is 5.07. The lowest BCUT2D eigenvalue weighted by Crippen LogP contribution is -2.44. The zero-order valence-corrected chi connectivity index (χ0v) is 13.9. The predicted octanol–water partition coefficient (Wildman–Crippen LogP) is 3.68. The fourth-order valence-electron chi connectivity index (χ4n) is 3.78. The van der Waals surface area contributed by atoms with Gasteiger partial charge in [-0.1, -0.05) is 37.1 Å². The van der Waals surface area contributed by atoms with Crippen molar-refractivity contribution in [2.75, 3.05) is 6.79 Å². The quantitative estimate of drug-likeness (QED) is 0.923. The molecule has 1 N–H and O–H groups in total. The number of halogens is 1. The smallest absolute Gasteiger partial charge is 0.231 e. The van der Waals surface area contributed by atoms with E-state index in [1.165, 1.54) is 6.07 Å². The van der Waals surface area contributed by atoms with Crippen LogP contribution >= 0.6 is 0 Å². The first kappa shape index (κ1) is 15.9. The summed E-state index contributed by atoms with van der Waals surface area (Å²) in [6, 6.07) is 12.2. The fourth-order valence-corrected chi connectivity index (χ4v) is 3.78. The lowest BCUT2D eigenvalue weighted by Gasteiger charge is -2.31. The largest absolute Gasteiger partial charge is 0.454 e. The van der Waals surface area contributed by atoms with Gasteiger partial charge in [0.15, 0.2) is 11.5 Å². The molecular weight excluding hydrogens is 321 g/mol. The van der Waals surface area contributed by atoms with Crippen LogP contribution in [0.15, 0.2) is 42.5 Å². The van der Waals surface area contributed by atoms with Crippen LogP contribution in [0.5, 0.6) is 11.5 Å². The summed E-state index contributed by atoms with van der Waals surface area (Å²) < 4.78 is 24.7. The minimum Gasteiger partial charge on any atom is -0.454 e. The van der Waals surface area contributed by atoms with Gasteiger partial charge in [-0.2, -0.15) is 0 Å². The first-order valence-corrected chi connectivity index (χ1v) is 8.61. The highest BCUT2D eigenvalue weighted by atomic mass is 19.1. The van der Waals surface area contributed by atoms with Gasteiger partial charge in [0.2, 0.25) is 12.7 Å². The molecule has 2 aliphatic rings. The lowest BCUT2D eigenvalue weighted by atomic mass is 9.87. The SMILES string of the molecule is O=C(Cc1ccccc1F)NC1(c2ccc3c(c2)OCO3)CCCC1. The number of benzene rings is 2. The summed E-state index contributed by atoms with van der Waals surface area (Å²) in [4.78, 5) is 12.6. The van der Waals surface area contributed by atoms with Gasteiger partial charge >= 0.3 is 0 Å². The van der Waals surface area contributed by atoms with Crippen molar-refractivity contribution in [1.82, 2.24) is 5.32 Å². The summed E-state index contributed by atoms with van der Waals surface area (Å²) in [7, 11) is 0. The van der Waals surface area contributed by atoms with E-state index in [1.54, 1.807) is 18.2 Å². The average Bonchev–Trinajstić information content (AvgIpc) is 3.26. The van der Waals surface area contributed by atoms with Gasteiger partial charge in [-0.25, -0.2) is 4.39 Å². The van der Waals surface area contributed by atoms with Gasteiger partial charge in [0.05, 0.1) is 12.0 Å². The number of hydrogen-bond acceptors (Lipinski definition) is 3. The zero-order chi connectivity index (χ0) is 17.3. The Hall–Kier alpha value is -2.56. The molecule has 2 aromatic carbocycles. The highest BCUT2D eigenvalue weighted by Crippen LogP contribution is 2.43. The van der Waals surface area contributed by atoms with Gasteiger partial charge < -0.3 is 14.8 Å². The number of ether oxygens (including phenoxy) is 2. The Morgan fingerprint density at radius 3 is 2.64 bits per heavy atom. The summed E-state index contributed by atoms with van der Waals surface area (Å²) in [5, 5.41) is 3.17. The van der Waals surface area contributed by atoms with Crippen LogP contribution in [-0.2, 0) is 16.8 Å². The van der Waals surface area contributed by atoms with Crippen LogP contribution in [0.4, 0.5) is 4.39 Å². The minimum atomic E-state index is -0.413. The summed E-state index contributed by atoms with van der Waals surface area (Å²) >= 11 is 0. The van der Waals surface area contributed by atoms with Crippen LogP contribution < -0.4 is 14.8 Å². The molecule has 1 aliphatic heterocycles. The number of amides is 1. The topological polar surface area (TPSA) is 47.6 Å². The van der Waals surface area contributed by atoms with E-state index in [-0.39, 0.29) is 24.9 Å². The second kappa shape index (κ2) is 6.39. The van der Waals surface area contributed by atoms with Crippen LogP contribution in [0, 0.1) is 5.82 Å². The van der Waals surface area contributed by atoms with E-state index in [2.05, 4.69) is 5.32 Å². The Balaban J connectivity index is 1.57. The first-order valence-electron chi connectivity index (χ1n) is 8.61. The van der Waals surface area contributed by atoms with Crippen LogP contribution in [0.2, 0.25) is 0 Å². The van der Waals surface area contributed by atoms with E-state index in [1.807, 2.05) is 18.2 Å². The Bertz CT molecular complexity index is 799. The van der Waals surface area contributed by atoms with E-state index < -0.39 is 5.54 Å². The molecule has 0 atom stereocenters. The van der Waals surface area contributed by atoms with Crippen molar-refractivity contribution >= 4 is 5.91 Å². The van der Waals surface area contributed by atoms with Gasteiger partial charge in [-0.05, 0) is 42.2 Å². The monoisotopic (exact) mass is 341 g/mol. The van der Waals surface area contributed by atoms with Crippen molar-refractivity contribution < 1.29 is 18.7 Å². The molecule has 1 amide bonds. The molecule has 4 nitrogen and oxygen atoms in total. The lowest BCUT2D eigenvalue weighted by molar-refractivity contribution is -0.122. The standard InChI is InChI=1S/C20H20FNO3/c21-16-6-2-1-5-14(16)11-19(23)22-20(9-3-4-10-20)15-7-8-17-18(12-15)25-13-24-17/h1-2,5-8,12H,3-4,9-11,13H2,(H,22,23). The second-order valence-electron chi connectivity index (χ2n) is 6.67. The van der Waals surface area contributed by atoms with Crippen molar-refractivity contribution in [3.63, 3.8) is 0 Å². The van der Waals surface area contributed by atoms with Crippen molar-refractivity contribution in [2.45, 2.75) is 37.6 Å². The second-order valence-corrected chi connectivity index (χ2v) is 6.67. The van der Waals surface area contributed by atoms with Crippen molar-refractivity contribution in [2.24, 2.45) is 0 Å². The van der Waals surface area contributed by atoms with Crippen molar-refractivity contribution in [3.05, 3.63) is 59.4 Å². The molecule has 0 unspecified atom stereocenters. The van der Waals surface area contributed by atoms with Gasteiger partial charge in [-0.3, -0.25) is 4.79 Å². The van der Waals surface area contributed by atoms with E-state index in [4.69, 9.17) is 9.47 Å². The molecule has 130 valence electrons. The maximum absolute atomic E-state index is 13.8. The maximum Gasteiger partial charge on any atom is 0.231 e. The Kier molecular flexibility index (Phi) is 4.07. The van der Waals surface area contributed by atoms with Crippen molar-refractivity contribution in [3.8, 4) is 11.5 Å². The molecule has 1 heterocycles. The third kappa shape index (κ3) is 3.06. The van der Waals surface area contributed by atoms with E-state index in [9.17, 15) is 9.18 Å². The first-order chi connectivity index (χ1) is 12.2. The number of hydrogen-bond donors (Lipinski definition) is 1. The molecule has 0 spiro atoms. The number of carbonyl (C=O) groups excluding carboxylic acids is 1. The molecule has 4 rings (SSSR count). The summed E-state index contributed by atoms with van der Waals surface area (Å²) in [5.41, 5.74) is 1.03. The van der Waals surface area contributed by atoms with Crippen LogP contribution in [0.25, 0.3) is 0 Å². The van der Waals surface area contributed by atoms with E-state index >= 15 is 0 Å². The molecule has 25 heavy (non-hydrogen) atoms. The molecule has 2 aromatic rings. The molecule has 0 bridgehead atoms. The zero-order valence-electron chi connectivity index (χ0n) is 13.9. The van der Waals surface area contributed by atoms with Crippen LogP contribution in [-0.4, -0.2) is 12.7 Å². The fraction of sp³-hybridized carbons (Fsp3) is 0.350. The van der Waals surface area contributed by atoms with Gasteiger partial charge in [-0.15, -0.1) is 0 Å². The molecule has 0 saturated heterocycles.